The van der Waals surface area contributed by atoms with Gasteiger partial charge in [0.2, 0.25) is 15.9 Å². The van der Waals surface area contributed by atoms with Gasteiger partial charge in [-0.1, -0.05) is 54.6 Å². The van der Waals surface area contributed by atoms with Gasteiger partial charge in [-0.2, -0.15) is 0 Å². The van der Waals surface area contributed by atoms with Crippen LogP contribution in [0.4, 0.5) is 0 Å². The van der Waals surface area contributed by atoms with Gasteiger partial charge >= 0.3 is 0 Å². The van der Waals surface area contributed by atoms with Gasteiger partial charge in [-0.15, -0.1) is 0 Å². The molecule has 0 aliphatic carbocycles. The van der Waals surface area contributed by atoms with Gasteiger partial charge in [0.1, 0.15) is 5.75 Å². The maximum absolute atomic E-state index is 12.6. The van der Waals surface area contributed by atoms with E-state index in [2.05, 4.69) is 0 Å². The highest BCUT2D eigenvalue weighted by Crippen LogP contribution is 2.33. The molecule has 130 valence electrons. The first-order valence-electron chi connectivity index (χ1n) is 7.91. The number of nitrogens with zero attached hydrogens (tertiary/aromatic N) is 1. The standard InChI is InChI=1S/C19H19NO4S/c1-24-18-10-6-5-9-17(18)16-11-12-20(19(21)13-16)25(22,23)14-15-7-3-2-4-8-15/h2-12,16H,13-14H2,1H3. The van der Waals surface area contributed by atoms with Crippen molar-refractivity contribution in [2.45, 2.75) is 18.1 Å². The SMILES string of the molecule is COc1ccccc1C1C=CN(S(=O)(=O)Cc2ccccc2)C(=O)C1. The summed E-state index contributed by atoms with van der Waals surface area (Å²) in [6, 6.07) is 16.3. The number of allylic oxidation sites excluding steroid dienone is 1. The lowest BCUT2D eigenvalue weighted by atomic mass is 9.93. The normalized spacial score (nSPS) is 17.6. The van der Waals surface area contributed by atoms with Gasteiger partial charge in [-0.05, 0) is 11.6 Å². The van der Waals surface area contributed by atoms with Gasteiger partial charge in [0.05, 0.1) is 12.9 Å². The molecular formula is C19H19NO4S. The molecule has 1 unspecified atom stereocenters. The third-order valence-corrected chi connectivity index (χ3v) is 5.75. The second-order valence-electron chi connectivity index (χ2n) is 5.83. The molecule has 0 saturated carbocycles. The molecule has 0 radical (unpaired) electrons. The molecule has 1 aliphatic rings. The minimum atomic E-state index is -3.74. The summed E-state index contributed by atoms with van der Waals surface area (Å²) in [6.45, 7) is 0. The van der Waals surface area contributed by atoms with Gasteiger partial charge in [-0.3, -0.25) is 4.79 Å². The number of hydrogen-bond acceptors (Lipinski definition) is 4. The Balaban J connectivity index is 1.83. The summed E-state index contributed by atoms with van der Waals surface area (Å²) in [6.07, 6.45) is 3.19. The molecule has 1 amide bonds. The predicted molar refractivity (Wildman–Crippen MR) is 95.4 cm³/mol. The molecular weight excluding hydrogens is 338 g/mol. The first-order valence-corrected chi connectivity index (χ1v) is 9.52. The average molecular weight is 357 g/mol. The monoisotopic (exact) mass is 357 g/mol. The highest BCUT2D eigenvalue weighted by atomic mass is 32.2. The van der Waals surface area contributed by atoms with Crippen LogP contribution in [0.1, 0.15) is 23.5 Å². The highest BCUT2D eigenvalue weighted by molar-refractivity contribution is 7.88. The van der Waals surface area contributed by atoms with Crippen LogP contribution >= 0.6 is 0 Å². The number of methoxy groups -OCH3 is 1. The first-order chi connectivity index (χ1) is 12.0. The molecule has 25 heavy (non-hydrogen) atoms. The quantitative estimate of drug-likeness (QED) is 0.825. The van der Waals surface area contributed by atoms with Gasteiger partial charge < -0.3 is 4.74 Å². The lowest BCUT2D eigenvalue weighted by Crippen LogP contribution is -2.36. The third-order valence-electron chi connectivity index (χ3n) is 4.12. The van der Waals surface area contributed by atoms with Crippen molar-refractivity contribution in [2.24, 2.45) is 0 Å². The summed E-state index contributed by atoms with van der Waals surface area (Å²) >= 11 is 0. The van der Waals surface area contributed by atoms with E-state index in [1.165, 1.54) is 6.20 Å². The molecule has 0 fully saturated rings. The summed E-state index contributed by atoms with van der Waals surface area (Å²) in [7, 11) is -2.17. The summed E-state index contributed by atoms with van der Waals surface area (Å²) in [5, 5.41) is 0. The van der Waals surface area contributed by atoms with E-state index in [1.807, 2.05) is 30.3 Å². The van der Waals surface area contributed by atoms with Crippen molar-refractivity contribution in [2.75, 3.05) is 7.11 Å². The number of carbonyl (C=O) groups excluding carboxylic acids is 1. The highest BCUT2D eigenvalue weighted by Gasteiger charge is 2.31. The number of rotatable bonds is 5. The topological polar surface area (TPSA) is 63.7 Å². The zero-order chi connectivity index (χ0) is 17.9. The van der Waals surface area contributed by atoms with Crippen molar-refractivity contribution in [1.29, 1.82) is 0 Å². The second-order valence-corrected chi connectivity index (χ2v) is 7.67. The van der Waals surface area contributed by atoms with Crippen LogP contribution in [0, 0.1) is 0 Å². The van der Waals surface area contributed by atoms with Crippen molar-refractivity contribution >= 4 is 15.9 Å². The third kappa shape index (κ3) is 3.74. The van der Waals surface area contributed by atoms with Crippen LogP contribution in [-0.2, 0) is 20.6 Å². The van der Waals surface area contributed by atoms with Crippen molar-refractivity contribution < 1.29 is 17.9 Å². The van der Waals surface area contributed by atoms with E-state index in [1.54, 1.807) is 37.5 Å². The molecule has 2 aromatic carbocycles. The Labute approximate surface area is 147 Å². The summed E-state index contributed by atoms with van der Waals surface area (Å²) in [5.41, 5.74) is 1.52. The lowest BCUT2D eigenvalue weighted by Gasteiger charge is -2.26. The Kier molecular flexibility index (Phi) is 4.90. The van der Waals surface area contributed by atoms with Gasteiger partial charge in [-0.25, -0.2) is 12.7 Å². The number of amides is 1. The Hall–Kier alpha value is -2.60. The summed E-state index contributed by atoms with van der Waals surface area (Å²) in [4.78, 5) is 12.5. The largest absolute Gasteiger partial charge is 0.496 e. The number of hydrogen-bond donors (Lipinski definition) is 0. The molecule has 0 bridgehead atoms. The van der Waals surface area contributed by atoms with E-state index in [0.29, 0.717) is 11.3 Å². The minimum Gasteiger partial charge on any atom is -0.496 e. The van der Waals surface area contributed by atoms with Crippen LogP contribution in [-0.4, -0.2) is 25.7 Å². The number of carbonyl (C=O) groups is 1. The number of ether oxygens (including phenoxy) is 1. The van der Waals surface area contributed by atoms with Crippen LogP contribution in [0.15, 0.2) is 66.9 Å². The zero-order valence-corrected chi connectivity index (χ0v) is 14.6. The molecule has 2 aromatic rings. The van der Waals surface area contributed by atoms with E-state index in [-0.39, 0.29) is 18.1 Å². The van der Waals surface area contributed by atoms with E-state index in [4.69, 9.17) is 4.74 Å². The smallest absolute Gasteiger partial charge is 0.245 e. The Morgan fingerprint density at radius 3 is 2.44 bits per heavy atom. The lowest BCUT2D eigenvalue weighted by molar-refractivity contribution is -0.125. The molecule has 0 N–H and O–H groups in total. The molecule has 0 spiro atoms. The van der Waals surface area contributed by atoms with E-state index < -0.39 is 15.9 Å². The van der Waals surface area contributed by atoms with Crippen LogP contribution in [0.2, 0.25) is 0 Å². The molecule has 0 saturated heterocycles. The molecule has 5 nitrogen and oxygen atoms in total. The second kappa shape index (κ2) is 7.11. The van der Waals surface area contributed by atoms with Crippen molar-refractivity contribution in [1.82, 2.24) is 4.31 Å². The molecule has 0 aromatic heterocycles. The molecule has 3 rings (SSSR count). The fourth-order valence-corrected chi connectivity index (χ4v) is 4.29. The minimum absolute atomic E-state index is 0.0882. The predicted octanol–water partition coefficient (Wildman–Crippen LogP) is 3.05. The van der Waals surface area contributed by atoms with Crippen LogP contribution in [0.3, 0.4) is 0 Å². The molecule has 1 atom stereocenters. The van der Waals surface area contributed by atoms with Gasteiger partial charge in [0.25, 0.3) is 0 Å². The molecule has 6 heteroatoms. The Morgan fingerprint density at radius 1 is 1.08 bits per heavy atom. The first kappa shape index (κ1) is 17.2. The summed E-state index contributed by atoms with van der Waals surface area (Å²) < 4.78 is 31.3. The molecule has 1 heterocycles. The number of benzene rings is 2. The van der Waals surface area contributed by atoms with Crippen LogP contribution < -0.4 is 4.74 Å². The van der Waals surface area contributed by atoms with Gasteiger partial charge in [0.15, 0.2) is 0 Å². The maximum atomic E-state index is 12.6. The van der Waals surface area contributed by atoms with Gasteiger partial charge in [0, 0.05) is 24.1 Å². The van der Waals surface area contributed by atoms with Crippen molar-refractivity contribution in [3.8, 4) is 5.75 Å². The van der Waals surface area contributed by atoms with E-state index in [0.717, 1.165) is 9.87 Å². The molecule has 1 aliphatic heterocycles. The maximum Gasteiger partial charge on any atom is 0.245 e. The Morgan fingerprint density at radius 2 is 1.76 bits per heavy atom. The van der Waals surface area contributed by atoms with Crippen LogP contribution in [0.5, 0.6) is 5.75 Å². The van der Waals surface area contributed by atoms with E-state index in [9.17, 15) is 13.2 Å². The number of sulfonamides is 1. The van der Waals surface area contributed by atoms with E-state index >= 15 is 0 Å². The average Bonchev–Trinajstić information content (AvgIpc) is 2.61. The van der Waals surface area contributed by atoms with Crippen molar-refractivity contribution in [3.63, 3.8) is 0 Å². The van der Waals surface area contributed by atoms with Crippen molar-refractivity contribution in [3.05, 3.63) is 78.0 Å². The fourth-order valence-electron chi connectivity index (χ4n) is 2.90. The number of para-hydroxylation sites is 1. The van der Waals surface area contributed by atoms with Crippen LogP contribution in [0.25, 0.3) is 0 Å². The Bertz CT molecular complexity index is 891. The fraction of sp³-hybridized carbons (Fsp3) is 0.211. The zero-order valence-electron chi connectivity index (χ0n) is 13.8. The summed E-state index contributed by atoms with van der Waals surface area (Å²) in [5.74, 6) is -0.157.